The molecule has 0 aliphatic carbocycles. The van der Waals surface area contributed by atoms with Crippen LogP contribution in [0.3, 0.4) is 0 Å². The Kier molecular flexibility index (Phi) is 5.87. The lowest BCUT2D eigenvalue weighted by Crippen LogP contribution is -2.15. The Labute approximate surface area is 138 Å². The molecule has 0 amide bonds. The van der Waals surface area contributed by atoms with Crippen molar-refractivity contribution in [1.82, 2.24) is 0 Å². The molecule has 1 unspecified atom stereocenters. The summed E-state index contributed by atoms with van der Waals surface area (Å²) in [6.07, 6.45) is 0.880. The fourth-order valence-corrected chi connectivity index (χ4v) is 3.07. The van der Waals surface area contributed by atoms with Crippen LogP contribution in [0.4, 0.5) is 0 Å². The molecule has 2 nitrogen and oxygen atoms in total. The van der Waals surface area contributed by atoms with E-state index in [2.05, 4.69) is 38.1 Å². The summed E-state index contributed by atoms with van der Waals surface area (Å²) in [5.41, 5.74) is 11.0. The van der Waals surface area contributed by atoms with Crippen molar-refractivity contribution in [3.63, 3.8) is 0 Å². The number of hydrogen-bond acceptors (Lipinski definition) is 2. The van der Waals surface area contributed by atoms with E-state index < -0.39 is 0 Å². The number of benzene rings is 2. The highest BCUT2D eigenvalue weighted by molar-refractivity contribution is 6.32. The Bertz CT molecular complexity index is 619. The molecule has 0 aliphatic heterocycles. The quantitative estimate of drug-likeness (QED) is 0.842. The maximum atomic E-state index is 6.28. The summed E-state index contributed by atoms with van der Waals surface area (Å²) in [6, 6.07) is 12.6. The second-order valence-electron chi connectivity index (χ2n) is 5.76. The van der Waals surface area contributed by atoms with Crippen LogP contribution in [0.15, 0.2) is 36.4 Å². The Morgan fingerprint density at radius 2 is 1.77 bits per heavy atom. The lowest BCUT2D eigenvalue weighted by atomic mass is 9.90. The van der Waals surface area contributed by atoms with Crippen molar-refractivity contribution in [3.05, 3.63) is 63.7 Å². The van der Waals surface area contributed by atoms with E-state index in [-0.39, 0.29) is 0 Å². The molecular formula is C19H24ClNO. The largest absolute Gasteiger partial charge is 0.492 e. The van der Waals surface area contributed by atoms with Crippen molar-refractivity contribution in [3.8, 4) is 5.75 Å². The second kappa shape index (κ2) is 7.66. The molecule has 0 spiro atoms. The van der Waals surface area contributed by atoms with Gasteiger partial charge in [-0.1, -0.05) is 47.0 Å². The fraction of sp³-hybridized carbons (Fsp3) is 0.368. The Morgan fingerprint density at radius 3 is 2.32 bits per heavy atom. The summed E-state index contributed by atoms with van der Waals surface area (Å²) in [6.45, 7) is 7.44. The van der Waals surface area contributed by atoms with Crippen LogP contribution in [0, 0.1) is 13.8 Å². The standard InChI is InChI=1S/C19H24ClNO/c1-4-22-19-6-5-15(11-18(19)20)10-17(12-21)16-8-13(2)7-14(3)9-16/h5-9,11,17H,4,10,12,21H2,1-3H3. The zero-order valence-electron chi connectivity index (χ0n) is 13.5. The first-order valence-electron chi connectivity index (χ1n) is 7.73. The van der Waals surface area contributed by atoms with Crippen molar-refractivity contribution in [2.24, 2.45) is 5.73 Å². The smallest absolute Gasteiger partial charge is 0.137 e. The Balaban J connectivity index is 2.21. The molecule has 2 rings (SSSR count). The third-order valence-electron chi connectivity index (χ3n) is 3.78. The first kappa shape index (κ1) is 16.9. The molecular weight excluding hydrogens is 294 g/mol. The van der Waals surface area contributed by atoms with Gasteiger partial charge in [-0.05, 0) is 57.0 Å². The summed E-state index contributed by atoms with van der Waals surface area (Å²) in [5, 5.41) is 0.663. The van der Waals surface area contributed by atoms with Gasteiger partial charge in [0.05, 0.1) is 11.6 Å². The highest BCUT2D eigenvalue weighted by atomic mass is 35.5. The third-order valence-corrected chi connectivity index (χ3v) is 4.07. The average molecular weight is 318 g/mol. The predicted molar refractivity (Wildman–Crippen MR) is 94.0 cm³/mol. The van der Waals surface area contributed by atoms with Crippen LogP contribution in [-0.4, -0.2) is 13.2 Å². The number of hydrogen-bond donors (Lipinski definition) is 1. The first-order valence-corrected chi connectivity index (χ1v) is 8.10. The number of rotatable bonds is 6. The van der Waals surface area contributed by atoms with E-state index in [1.165, 1.54) is 22.3 Å². The van der Waals surface area contributed by atoms with Crippen LogP contribution >= 0.6 is 11.6 Å². The summed E-state index contributed by atoms with van der Waals surface area (Å²) in [7, 11) is 0. The maximum absolute atomic E-state index is 6.28. The highest BCUT2D eigenvalue weighted by Gasteiger charge is 2.13. The molecule has 0 fully saturated rings. The van der Waals surface area contributed by atoms with E-state index in [1.807, 2.05) is 19.1 Å². The second-order valence-corrected chi connectivity index (χ2v) is 6.16. The average Bonchev–Trinajstić information content (AvgIpc) is 2.46. The minimum Gasteiger partial charge on any atom is -0.492 e. The van der Waals surface area contributed by atoms with Gasteiger partial charge in [0.1, 0.15) is 5.75 Å². The van der Waals surface area contributed by atoms with Crippen molar-refractivity contribution in [2.45, 2.75) is 33.1 Å². The molecule has 0 saturated heterocycles. The lowest BCUT2D eigenvalue weighted by Gasteiger charge is -2.17. The Morgan fingerprint density at radius 1 is 1.09 bits per heavy atom. The maximum Gasteiger partial charge on any atom is 0.137 e. The van der Waals surface area contributed by atoms with Crippen LogP contribution in [0.25, 0.3) is 0 Å². The van der Waals surface area contributed by atoms with Crippen molar-refractivity contribution >= 4 is 11.6 Å². The summed E-state index contributed by atoms with van der Waals surface area (Å²) in [4.78, 5) is 0. The minimum absolute atomic E-state index is 0.299. The molecule has 0 saturated carbocycles. The molecule has 2 aromatic carbocycles. The zero-order chi connectivity index (χ0) is 16.1. The summed E-state index contributed by atoms with van der Waals surface area (Å²) >= 11 is 6.28. The summed E-state index contributed by atoms with van der Waals surface area (Å²) in [5.74, 6) is 1.04. The number of halogens is 1. The monoisotopic (exact) mass is 317 g/mol. The summed E-state index contributed by atoms with van der Waals surface area (Å²) < 4.78 is 5.48. The molecule has 2 aromatic rings. The SMILES string of the molecule is CCOc1ccc(CC(CN)c2cc(C)cc(C)c2)cc1Cl. The number of ether oxygens (including phenoxy) is 1. The van der Waals surface area contributed by atoms with E-state index in [4.69, 9.17) is 22.1 Å². The van der Waals surface area contributed by atoms with Gasteiger partial charge >= 0.3 is 0 Å². The van der Waals surface area contributed by atoms with Crippen LogP contribution < -0.4 is 10.5 Å². The van der Waals surface area contributed by atoms with Gasteiger partial charge in [-0.2, -0.15) is 0 Å². The van der Waals surface area contributed by atoms with Gasteiger partial charge in [0.25, 0.3) is 0 Å². The Hall–Kier alpha value is -1.51. The van der Waals surface area contributed by atoms with E-state index in [0.29, 0.717) is 24.1 Å². The first-order chi connectivity index (χ1) is 10.5. The van der Waals surface area contributed by atoms with Crippen LogP contribution in [0.2, 0.25) is 5.02 Å². The molecule has 3 heteroatoms. The molecule has 0 bridgehead atoms. The third kappa shape index (κ3) is 4.25. The zero-order valence-corrected chi connectivity index (χ0v) is 14.3. The predicted octanol–water partition coefficient (Wildman–Crippen LogP) is 4.64. The molecule has 22 heavy (non-hydrogen) atoms. The van der Waals surface area contributed by atoms with Gasteiger partial charge in [0.2, 0.25) is 0 Å². The molecule has 0 aliphatic rings. The number of nitrogens with two attached hydrogens (primary N) is 1. The van der Waals surface area contributed by atoms with E-state index in [9.17, 15) is 0 Å². The molecule has 0 radical (unpaired) electrons. The van der Waals surface area contributed by atoms with E-state index in [0.717, 1.165) is 12.2 Å². The molecule has 1 atom stereocenters. The van der Waals surface area contributed by atoms with E-state index in [1.54, 1.807) is 0 Å². The van der Waals surface area contributed by atoms with Gasteiger partial charge in [0, 0.05) is 5.92 Å². The van der Waals surface area contributed by atoms with Crippen molar-refractivity contribution in [2.75, 3.05) is 13.2 Å². The van der Waals surface area contributed by atoms with Crippen LogP contribution in [0.1, 0.15) is 35.1 Å². The molecule has 0 heterocycles. The fourth-order valence-electron chi connectivity index (χ4n) is 2.81. The van der Waals surface area contributed by atoms with Crippen molar-refractivity contribution < 1.29 is 4.74 Å². The topological polar surface area (TPSA) is 35.2 Å². The number of aryl methyl sites for hydroxylation is 2. The van der Waals surface area contributed by atoms with Gasteiger partial charge < -0.3 is 10.5 Å². The highest BCUT2D eigenvalue weighted by Crippen LogP contribution is 2.28. The van der Waals surface area contributed by atoms with Gasteiger partial charge in [0.15, 0.2) is 0 Å². The van der Waals surface area contributed by atoms with Crippen LogP contribution in [-0.2, 0) is 6.42 Å². The van der Waals surface area contributed by atoms with Gasteiger partial charge in [-0.15, -0.1) is 0 Å². The van der Waals surface area contributed by atoms with Crippen molar-refractivity contribution in [1.29, 1.82) is 0 Å². The minimum atomic E-state index is 0.299. The molecule has 2 N–H and O–H groups in total. The normalized spacial score (nSPS) is 12.2. The lowest BCUT2D eigenvalue weighted by molar-refractivity contribution is 0.340. The van der Waals surface area contributed by atoms with E-state index >= 15 is 0 Å². The molecule has 0 aromatic heterocycles. The molecule has 118 valence electrons. The van der Waals surface area contributed by atoms with Gasteiger partial charge in [-0.3, -0.25) is 0 Å². The van der Waals surface area contributed by atoms with Gasteiger partial charge in [-0.25, -0.2) is 0 Å². The van der Waals surface area contributed by atoms with Crippen LogP contribution in [0.5, 0.6) is 5.75 Å².